The molecule has 1 rings (SSSR count). The van der Waals surface area contributed by atoms with Crippen LogP contribution in [0.4, 0.5) is 0 Å². The van der Waals surface area contributed by atoms with Crippen molar-refractivity contribution in [3.8, 4) is 0 Å². The topological polar surface area (TPSA) is 46.0 Å². The summed E-state index contributed by atoms with van der Waals surface area (Å²) in [5.74, 6) is 0. The average molecular weight is 263 g/mol. The Balaban J connectivity index is 2.35. The molecule has 0 aliphatic heterocycles. The highest BCUT2D eigenvalue weighted by atomic mass is 15.4. The van der Waals surface area contributed by atoms with Crippen molar-refractivity contribution in [3.63, 3.8) is 0 Å². The minimum absolute atomic E-state index is 0.789. The first-order chi connectivity index (χ1) is 9.30. The highest BCUT2D eigenvalue weighted by Crippen LogP contribution is 1.95. The van der Waals surface area contributed by atoms with Crippen molar-refractivity contribution < 1.29 is 0 Å². The van der Waals surface area contributed by atoms with Gasteiger partial charge in [-0.05, 0) is 13.0 Å². The predicted molar refractivity (Wildman–Crippen MR) is 78.9 cm³/mol. The van der Waals surface area contributed by atoms with Crippen molar-refractivity contribution in [3.05, 3.63) is 37.2 Å². The number of aromatic nitrogens is 3. The van der Waals surface area contributed by atoms with Gasteiger partial charge in [-0.2, -0.15) is 0 Å². The molecule has 1 aromatic heterocycles. The Bertz CT molecular complexity index is 362. The third-order valence-corrected chi connectivity index (χ3v) is 2.74. The second-order valence-electron chi connectivity index (χ2n) is 4.49. The van der Waals surface area contributed by atoms with Gasteiger partial charge in [-0.1, -0.05) is 24.3 Å². The molecule has 0 amide bonds. The van der Waals surface area contributed by atoms with Gasteiger partial charge in [0, 0.05) is 32.4 Å². The lowest BCUT2D eigenvalue weighted by Gasteiger charge is -2.17. The standard InChI is InChI=1S/C14H25N5/c1-4-7-15-12-14-13-19(17-16-14)11-10-18(8-5-2)9-6-3/h5-6,13,15H,2-4,7-12H2,1H3. The normalized spacial score (nSPS) is 10.8. The van der Waals surface area contributed by atoms with Crippen molar-refractivity contribution in [1.82, 2.24) is 25.2 Å². The second kappa shape index (κ2) is 9.47. The van der Waals surface area contributed by atoms with E-state index in [0.29, 0.717) is 0 Å². The van der Waals surface area contributed by atoms with E-state index in [4.69, 9.17) is 0 Å². The van der Waals surface area contributed by atoms with Crippen LogP contribution in [0.1, 0.15) is 19.0 Å². The van der Waals surface area contributed by atoms with Crippen LogP contribution in [-0.2, 0) is 13.1 Å². The fraction of sp³-hybridized carbons (Fsp3) is 0.571. The largest absolute Gasteiger partial charge is 0.311 e. The van der Waals surface area contributed by atoms with E-state index in [-0.39, 0.29) is 0 Å². The molecular formula is C14H25N5. The molecule has 0 saturated carbocycles. The van der Waals surface area contributed by atoms with Gasteiger partial charge in [0.15, 0.2) is 0 Å². The van der Waals surface area contributed by atoms with Crippen LogP contribution in [0, 0.1) is 0 Å². The molecule has 1 N–H and O–H groups in total. The lowest BCUT2D eigenvalue weighted by molar-refractivity contribution is 0.311. The molecule has 19 heavy (non-hydrogen) atoms. The minimum atomic E-state index is 0.789. The molecule has 0 radical (unpaired) electrons. The van der Waals surface area contributed by atoms with Crippen LogP contribution in [0.5, 0.6) is 0 Å². The third kappa shape index (κ3) is 6.31. The zero-order valence-electron chi connectivity index (χ0n) is 11.9. The first-order valence-electron chi connectivity index (χ1n) is 6.84. The molecule has 106 valence electrons. The first kappa shape index (κ1) is 15.6. The van der Waals surface area contributed by atoms with Gasteiger partial charge in [0.1, 0.15) is 0 Å². The quantitative estimate of drug-likeness (QED) is 0.485. The molecule has 0 atom stereocenters. The fourth-order valence-electron chi connectivity index (χ4n) is 1.79. The zero-order chi connectivity index (χ0) is 13.9. The average Bonchev–Trinajstić information content (AvgIpc) is 2.85. The fourth-order valence-corrected chi connectivity index (χ4v) is 1.79. The number of nitrogens with one attached hydrogen (secondary N) is 1. The summed E-state index contributed by atoms with van der Waals surface area (Å²) in [6.07, 6.45) is 6.95. The summed E-state index contributed by atoms with van der Waals surface area (Å²) in [6.45, 7) is 15.0. The van der Waals surface area contributed by atoms with Crippen molar-refractivity contribution in [2.24, 2.45) is 0 Å². The summed E-state index contributed by atoms with van der Waals surface area (Å²) in [5, 5.41) is 11.6. The van der Waals surface area contributed by atoms with Gasteiger partial charge in [0.05, 0.1) is 12.2 Å². The van der Waals surface area contributed by atoms with Crippen LogP contribution in [0.3, 0.4) is 0 Å². The zero-order valence-corrected chi connectivity index (χ0v) is 11.9. The Kier molecular flexibility index (Phi) is 7.77. The maximum atomic E-state index is 4.15. The van der Waals surface area contributed by atoms with Crippen molar-refractivity contribution in [2.75, 3.05) is 26.2 Å². The van der Waals surface area contributed by atoms with E-state index in [1.165, 1.54) is 0 Å². The van der Waals surface area contributed by atoms with Gasteiger partial charge in [-0.3, -0.25) is 9.58 Å². The molecule has 0 aromatic carbocycles. The van der Waals surface area contributed by atoms with Gasteiger partial charge in [-0.15, -0.1) is 18.3 Å². The Hall–Kier alpha value is -1.46. The van der Waals surface area contributed by atoms with E-state index in [0.717, 1.165) is 51.4 Å². The molecule has 0 aliphatic rings. The molecular weight excluding hydrogens is 238 g/mol. The number of hydrogen-bond donors (Lipinski definition) is 1. The van der Waals surface area contributed by atoms with Crippen molar-refractivity contribution in [2.45, 2.75) is 26.4 Å². The van der Waals surface area contributed by atoms with Crippen LogP contribution in [0.25, 0.3) is 0 Å². The van der Waals surface area contributed by atoms with Gasteiger partial charge >= 0.3 is 0 Å². The summed E-state index contributed by atoms with van der Waals surface area (Å²) in [5.41, 5.74) is 0.993. The molecule has 0 saturated heterocycles. The molecule has 5 nitrogen and oxygen atoms in total. The van der Waals surface area contributed by atoms with E-state index in [2.05, 4.69) is 40.6 Å². The molecule has 0 unspecified atom stereocenters. The van der Waals surface area contributed by atoms with E-state index in [1.807, 2.05) is 23.0 Å². The SMILES string of the molecule is C=CCN(CC=C)CCn1cc(CNCCC)nn1. The molecule has 1 heterocycles. The highest BCUT2D eigenvalue weighted by molar-refractivity contribution is 4.91. The predicted octanol–water partition coefficient (Wildman–Crippen LogP) is 1.45. The van der Waals surface area contributed by atoms with E-state index in [1.54, 1.807) is 0 Å². The Morgan fingerprint density at radius 2 is 2.11 bits per heavy atom. The molecule has 0 bridgehead atoms. The van der Waals surface area contributed by atoms with Gasteiger partial charge < -0.3 is 5.32 Å². The number of rotatable bonds is 11. The second-order valence-corrected chi connectivity index (χ2v) is 4.49. The lowest BCUT2D eigenvalue weighted by atomic mass is 10.4. The monoisotopic (exact) mass is 263 g/mol. The molecule has 5 heteroatoms. The van der Waals surface area contributed by atoms with Crippen molar-refractivity contribution >= 4 is 0 Å². The lowest BCUT2D eigenvalue weighted by Crippen LogP contribution is -2.28. The maximum absolute atomic E-state index is 4.15. The van der Waals surface area contributed by atoms with Crippen LogP contribution in [0.15, 0.2) is 31.5 Å². The highest BCUT2D eigenvalue weighted by Gasteiger charge is 2.03. The van der Waals surface area contributed by atoms with Crippen LogP contribution in [-0.4, -0.2) is 46.1 Å². The Morgan fingerprint density at radius 3 is 2.74 bits per heavy atom. The first-order valence-corrected chi connectivity index (χ1v) is 6.84. The Labute approximate surface area is 116 Å². The summed E-state index contributed by atoms with van der Waals surface area (Å²) in [4.78, 5) is 2.26. The van der Waals surface area contributed by atoms with Gasteiger partial charge in [-0.25, -0.2) is 0 Å². The van der Waals surface area contributed by atoms with E-state index < -0.39 is 0 Å². The summed E-state index contributed by atoms with van der Waals surface area (Å²) < 4.78 is 1.89. The summed E-state index contributed by atoms with van der Waals surface area (Å²) in [6, 6.07) is 0. The van der Waals surface area contributed by atoms with E-state index >= 15 is 0 Å². The molecule has 1 aromatic rings. The third-order valence-electron chi connectivity index (χ3n) is 2.74. The molecule has 0 aliphatic carbocycles. The Morgan fingerprint density at radius 1 is 1.37 bits per heavy atom. The number of hydrogen-bond acceptors (Lipinski definition) is 4. The molecule has 0 spiro atoms. The smallest absolute Gasteiger partial charge is 0.0964 e. The van der Waals surface area contributed by atoms with Crippen molar-refractivity contribution in [1.29, 1.82) is 0 Å². The van der Waals surface area contributed by atoms with Crippen LogP contribution in [0.2, 0.25) is 0 Å². The summed E-state index contributed by atoms with van der Waals surface area (Å²) in [7, 11) is 0. The minimum Gasteiger partial charge on any atom is -0.311 e. The van der Waals surface area contributed by atoms with Gasteiger partial charge in [0.25, 0.3) is 0 Å². The van der Waals surface area contributed by atoms with E-state index in [9.17, 15) is 0 Å². The number of nitrogens with zero attached hydrogens (tertiary/aromatic N) is 4. The van der Waals surface area contributed by atoms with Gasteiger partial charge in [0.2, 0.25) is 0 Å². The molecule has 0 fully saturated rings. The van der Waals surface area contributed by atoms with Crippen LogP contribution >= 0.6 is 0 Å². The van der Waals surface area contributed by atoms with Crippen LogP contribution < -0.4 is 5.32 Å². The summed E-state index contributed by atoms with van der Waals surface area (Å²) >= 11 is 0. The maximum Gasteiger partial charge on any atom is 0.0964 e.